The molecular formula is C13H12BrNO2. The first kappa shape index (κ1) is 10.9. The van der Waals surface area contributed by atoms with Gasteiger partial charge in [0.1, 0.15) is 22.7 Å². The van der Waals surface area contributed by atoms with E-state index >= 15 is 0 Å². The summed E-state index contributed by atoms with van der Waals surface area (Å²) in [6, 6.07) is 4.00. The first-order valence-corrected chi connectivity index (χ1v) is 6.21. The normalized spacial score (nSPS) is 11.8. The molecule has 0 unspecified atom stereocenters. The Hall–Kier alpha value is -1.26. The Bertz CT molecular complexity index is 666. The van der Waals surface area contributed by atoms with E-state index in [1.54, 1.807) is 0 Å². The number of fused-ring (bicyclic) bond motifs is 2. The topological polar surface area (TPSA) is 52.3 Å². The third kappa shape index (κ3) is 1.44. The highest BCUT2D eigenvalue weighted by Crippen LogP contribution is 2.39. The highest BCUT2D eigenvalue weighted by atomic mass is 79.9. The van der Waals surface area contributed by atoms with Crippen molar-refractivity contribution in [1.82, 2.24) is 0 Å². The quantitative estimate of drug-likeness (QED) is 0.737. The fourth-order valence-corrected chi connectivity index (χ4v) is 2.84. The summed E-state index contributed by atoms with van der Waals surface area (Å²) in [6.07, 6.45) is 0. The first-order chi connectivity index (χ1) is 8.11. The Morgan fingerprint density at radius 3 is 2.29 bits per heavy atom. The van der Waals surface area contributed by atoms with Crippen molar-refractivity contribution in [3.05, 3.63) is 33.7 Å². The molecule has 0 aliphatic carbocycles. The molecule has 0 amide bonds. The lowest BCUT2D eigenvalue weighted by Gasteiger charge is -2.02. The minimum absolute atomic E-state index is 0.437. The highest BCUT2D eigenvalue weighted by Gasteiger charge is 2.18. The largest absolute Gasteiger partial charge is 0.461 e. The Balaban J connectivity index is 2.60. The van der Waals surface area contributed by atoms with Crippen molar-refractivity contribution >= 4 is 37.9 Å². The molecule has 3 nitrogen and oxygen atoms in total. The molecule has 88 valence electrons. The minimum Gasteiger partial charge on any atom is -0.461 e. The number of aryl methyl sites for hydroxylation is 2. The van der Waals surface area contributed by atoms with E-state index in [0.717, 1.165) is 43.5 Å². The fourth-order valence-electron chi connectivity index (χ4n) is 2.25. The number of nitrogens with two attached hydrogens (primary N) is 1. The molecule has 0 spiro atoms. The predicted molar refractivity (Wildman–Crippen MR) is 71.1 cm³/mol. The van der Waals surface area contributed by atoms with Gasteiger partial charge < -0.3 is 14.6 Å². The molecule has 0 atom stereocenters. The summed E-state index contributed by atoms with van der Waals surface area (Å²) in [5.41, 5.74) is 8.53. The predicted octanol–water partition coefficient (Wildman–Crippen LogP) is 4.02. The summed E-state index contributed by atoms with van der Waals surface area (Å²) < 4.78 is 12.4. The van der Waals surface area contributed by atoms with E-state index in [9.17, 15) is 0 Å². The molecule has 0 aliphatic rings. The fraction of sp³-hybridized carbons (Fsp3) is 0.231. The zero-order valence-corrected chi connectivity index (χ0v) is 11.2. The highest BCUT2D eigenvalue weighted by molar-refractivity contribution is 9.10. The molecule has 2 aromatic heterocycles. The van der Waals surface area contributed by atoms with Crippen LogP contribution in [-0.2, 0) is 6.54 Å². The molecule has 4 heteroatoms. The lowest BCUT2D eigenvalue weighted by Crippen LogP contribution is -1.97. The van der Waals surface area contributed by atoms with Crippen molar-refractivity contribution in [3.8, 4) is 0 Å². The standard InChI is InChI=1S/C13H12BrNO2/c1-6-3-8-10(5-15)12-9(4-7(2)16-12)11(14)13(8)17-6/h3-4H,5,15H2,1-2H3. The molecule has 2 heterocycles. The van der Waals surface area contributed by atoms with Gasteiger partial charge in [0, 0.05) is 22.9 Å². The lowest BCUT2D eigenvalue weighted by atomic mass is 10.1. The van der Waals surface area contributed by atoms with E-state index in [2.05, 4.69) is 15.9 Å². The van der Waals surface area contributed by atoms with E-state index in [1.165, 1.54) is 0 Å². The number of rotatable bonds is 1. The maximum absolute atomic E-state index is 5.83. The second kappa shape index (κ2) is 3.62. The van der Waals surface area contributed by atoms with Gasteiger partial charge in [0.25, 0.3) is 0 Å². The van der Waals surface area contributed by atoms with Crippen LogP contribution in [-0.4, -0.2) is 0 Å². The second-order valence-corrected chi connectivity index (χ2v) is 4.99. The summed E-state index contributed by atoms with van der Waals surface area (Å²) >= 11 is 3.58. The van der Waals surface area contributed by atoms with Crippen molar-refractivity contribution in [3.63, 3.8) is 0 Å². The molecule has 0 aliphatic heterocycles. The van der Waals surface area contributed by atoms with Crippen LogP contribution in [0.4, 0.5) is 0 Å². The van der Waals surface area contributed by atoms with Gasteiger partial charge in [0.05, 0.1) is 4.47 Å². The summed E-state index contributed by atoms with van der Waals surface area (Å²) in [5, 5.41) is 2.04. The Morgan fingerprint density at radius 2 is 1.65 bits per heavy atom. The van der Waals surface area contributed by atoms with Crippen LogP contribution in [0.1, 0.15) is 17.1 Å². The van der Waals surface area contributed by atoms with Gasteiger partial charge in [-0.3, -0.25) is 0 Å². The molecule has 0 bridgehead atoms. The third-order valence-corrected chi connectivity index (χ3v) is 3.74. The third-order valence-electron chi connectivity index (χ3n) is 2.95. The van der Waals surface area contributed by atoms with Crippen LogP contribution in [0.2, 0.25) is 0 Å². The Morgan fingerprint density at radius 1 is 1.06 bits per heavy atom. The van der Waals surface area contributed by atoms with Gasteiger partial charge in [0.15, 0.2) is 0 Å². The average molecular weight is 294 g/mol. The Labute approximate surface area is 107 Å². The van der Waals surface area contributed by atoms with E-state index in [4.69, 9.17) is 14.6 Å². The van der Waals surface area contributed by atoms with Gasteiger partial charge in [-0.05, 0) is 41.9 Å². The Kier molecular flexibility index (Phi) is 2.31. The van der Waals surface area contributed by atoms with Crippen LogP contribution in [0.3, 0.4) is 0 Å². The van der Waals surface area contributed by atoms with Crippen LogP contribution in [0.5, 0.6) is 0 Å². The molecule has 3 rings (SSSR count). The summed E-state index contributed by atoms with van der Waals surface area (Å²) in [6.45, 7) is 4.30. The molecule has 0 fully saturated rings. The van der Waals surface area contributed by atoms with Crippen LogP contribution in [0.25, 0.3) is 21.9 Å². The minimum atomic E-state index is 0.437. The molecule has 0 radical (unpaired) electrons. The summed E-state index contributed by atoms with van der Waals surface area (Å²) in [7, 11) is 0. The van der Waals surface area contributed by atoms with Crippen LogP contribution in [0.15, 0.2) is 25.4 Å². The van der Waals surface area contributed by atoms with Crippen molar-refractivity contribution in [2.45, 2.75) is 20.4 Å². The van der Waals surface area contributed by atoms with E-state index in [-0.39, 0.29) is 0 Å². The molecular weight excluding hydrogens is 282 g/mol. The molecule has 3 aromatic rings. The van der Waals surface area contributed by atoms with Gasteiger partial charge in [-0.2, -0.15) is 0 Å². The van der Waals surface area contributed by atoms with Gasteiger partial charge in [-0.1, -0.05) is 0 Å². The molecule has 0 saturated carbocycles. The van der Waals surface area contributed by atoms with Crippen molar-refractivity contribution in [2.24, 2.45) is 5.73 Å². The zero-order valence-electron chi connectivity index (χ0n) is 9.63. The van der Waals surface area contributed by atoms with Gasteiger partial charge >= 0.3 is 0 Å². The van der Waals surface area contributed by atoms with Crippen LogP contribution in [0, 0.1) is 13.8 Å². The lowest BCUT2D eigenvalue weighted by molar-refractivity contribution is 0.572. The average Bonchev–Trinajstić information content (AvgIpc) is 2.83. The van der Waals surface area contributed by atoms with Crippen LogP contribution < -0.4 is 5.73 Å². The number of furan rings is 2. The molecule has 17 heavy (non-hydrogen) atoms. The maximum atomic E-state index is 5.83. The number of hydrogen-bond donors (Lipinski definition) is 1. The summed E-state index contributed by atoms with van der Waals surface area (Å²) in [5.74, 6) is 1.75. The van der Waals surface area contributed by atoms with E-state index in [1.807, 2.05) is 26.0 Å². The molecule has 0 saturated heterocycles. The number of benzene rings is 1. The molecule has 1 aromatic carbocycles. The van der Waals surface area contributed by atoms with E-state index in [0.29, 0.717) is 6.54 Å². The van der Waals surface area contributed by atoms with E-state index < -0.39 is 0 Å². The van der Waals surface area contributed by atoms with Crippen molar-refractivity contribution in [2.75, 3.05) is 0 Å². The van der Waals surface area contributed by atoms with Crippen LogP contribution >= 0.6 is 15.9 Å². The monoisotopic (exact) mass is 293 g/mol. The number of halogens is 1. The first-order valence-electron chi connectivity index (χ1n) is 5.42. The van der Waals surface area contributed by atoms with Crippen molar-refractivity contribution < 1.29 is 8.83 Å². The summed E-state index contributed by atoms with van der Waals surface area (Å²) in [4.78, 5) is 0. The second-order valence-electron chi connectivity index (χ2n) is 4.20. The SMILES string of the molecule is Cc1cc2c(CN)c3oc(C)cc3c(Br)c2o1. The molecule has 2 N–H and O–H groups in total. The van der Waals surface area contributed by atoms with Gasteiger partial charge in [-0.25, -0.2) is 0 Å². The number of hydrogen-bond acceptors (Lipinski definition) is 3. The van der Waals surface area contributed by atoms with Gasteiger partial charge in [-0.15, -0.1) is 0 Å². The van der Waals surface area contributed by atoms with Gasteiger partial charge in [0.2, 0.25) is 0 Å². The zero-order chi connectivity index (χ0) is 12.2. The van der Waals surface area contributed by atoms with Crippen molar-refractivity contribution in [1.29, 1.82) is 0 Å². The maximum Gasteiger partial charge on any atom is 0.149 e. The smallest absolute Gasteiger partial charge is 0.149 e.